The Labute approximate surface area is 131 Å². The quantitative estimate of drug-likeness (QED) is 0.767. The summed E-state index contributed by atoms with van der Waals surface area (Å²) in [6.07, 6.45) is 1.28. The highest BCUT2D eigenvalue weighted by Gasteiger charge is 2.19. The zero-order chi connectivity index (χ0) is 16.6. The second kappa shape index (κ2) is 5.53. The predicted octanol–water partition coefficient (Wildman–Crippen LogP) is 2.13. The Morgan fingerprint density at radius 3 is 2.87 bits per heavy atom. The lowest BCUT2D eigenvalue weighted by molar-refractivity contribution is 0.627. The Morgan fingerprint density at radius 2 is 2.17 bits per heavy atom. The molecule has 2 heterocycles. The lowest BCUT2D eigenvalue weighted by atomic mass is 10.2. The number of hydrogen-bond donors (Lipinski definition) is 2. The fraction of sp³-hybridized carbons (Fsp3) is 0.200. The molecule has 3 N–H and O–H groups in total. The fourth-order valence-electron chi connectivity index (χ4n) is 2.51. The van der Waals surface area contributed by atoms with Gasteiger partial charge in [-0.2, -0.15) is 5.26 Å². The largest absolute Gasteiger partial charge is 0.382 e. The molecule has 0 aliphatic carbocycles. The molecule has 0 unspecified atom stereocenters. The number of aryl methyl sites for hydroxylation is 1. The van der Waals surface area contributed by atoms with Gasteiger partial charge in [0.1, 0.15) is 46.8 Å². The molecule has 3 rings (SSSR count). The van der Waals surface area contributed by atoms with Crippen molar-refractivity contribution in [2.75, 3.05) is 11.1 Å². The molecule has 7 nitrogen and oxygen atoms in total. The second-order valence-electron chi connectivity index (χ2n) is 5.10. The lowest BCUT2D eigenvalue weighted by Crippen LogP contribution is -2.15. The smallest absolute Gasteiger partial charge is 0.150 e. The molecule has 0 spiro atoms. The van der Waals surface area contributed by atoms with E-state index in [4.69, 9.17) is 11.0 Å². The van der Waals surface area contributed by atoms with E-state index in [1.54, 1.807) is 23.7 Å². The van der Waals surface area contributed by atoms with E-state index in [1.165, 1.54) is 12.4 Å². The Morgan fingerprint density at radius 1 is 1.39 bits per heavy atom. The van der Waals surface area contributed by atoms with Gasteiger partial charge in [0.25, 0.3) is 0 Å². The minimum absolute atomic E-state index is 0.105. The molecule has 0 aliphatic heterocycles. The van der Waals surface area contributed by atoms with Crippen LogP contribution in [0.4, 0.5) is 16.0 Å². The van der Waals surface area contributed by atoms with Crippen molar-refractivity contribution in [3.8, 4) is 6.07 Å². The van der Waals surface area contributed by atoms with E-state index in [9.17, 15) is 4.39 Å². The summed E-state index contributed by atoms with van der Waals surface area (Å²) >= 11 is 0. The molecule has 0 saturated heterocycles. The molecule has 0 amide bonds. The molecular formula is C15H14FN7. The molecule has 8 heteroatoms. The molecule has 1 aromatic carbocycles. The van der Waals surface area contributed by atoms with Gasteiger partial charge in [0, 0.05) is 7.05 Å². The zero-order valence-corrected chi connectivity index (χ0v) is 12.6. The lowest BCUT2D eigenvalue weighted by Gasteiger charge is -2.15. The summed E-state index contributed by atoms with van der Waals surface area (Å²) in [7, 11) is 1.74. The van der Waals surface area contributed by atoms with Crippen molar-refractivity contribution < 1.29 is 4.39 Å². The maximum Gasteiger partial charge on any atom is 0.150 e. The SMILES string of the molecule is C[C@H](Nc1ncnc(N)c1C#N)c1nc2cccc(F)c2n1C. The Balaban J connectivity index is 2.01. The van der Waals surface area contributed by atoms with Crippen LogP contribution in [0, 0.1) is 17.1 Å². The summed E-state index contributed by atoms with van der Waals surface area (Å²) < 4.78 is 15.6. The number of nitrogens with zero attached hydrogens (tertiary/aromatic N) is 5. The van der Waals surface area contributed by atoms with E-state index in [0.29, 0.717) is 22.7 Å². The number of nitrogens with two attached hydrogens (primary N) is 1. The first-order chi connectivity index (χ1) is 11.0. The molecule has 0 radical (unpaired) electrons. The van der Waals surface area contributed by atoms with Gasteiger partial charge in [-0.1, -0.05) is 6.07 Å². The molecule has 1 atom stereocenters. The van der Waals surface area contributed by atoms with Gasteiger partial charge in [0.05, 0.1) is 11.6 Å². The number of fused-ring (bicyclic) bond motifs is 1. The van der Waals surface area contributed by atoms with E-state index >= 15 is 0 Å². The number of aromatic nitrogens is 4. The summed E-state index contributed by atoms with van der Waals surface area (Å²) in [5, 5.41) is 12.2. The molecule has 0 bridgehead atoms. The molecule has 23 heavy (non-hydrogen) atoms. The van der Waals surface area contributed by atoms with Gasteiger partial charge < -0.3 is 15.6 Å². The summed E-state index contributed by atoms with van der Waals surface area (Å²) in [5.41, 5.74) is 6.84. The number of rotatable bonds is 3. The zero-order valence-electron chi connectivity index (χ0n) is 12.6. The predicted molar refractivity (Wildman–Crippen MR) is 83.9 cm³/mol. The van der Waals surface area contributed by atoms with Crippen molar-refractivity contribution in [3.63, 3.8) is 0 Å². The van der Waals surface area contributed by atoms with Crippen LogP contribution in [0.15, 0.2) is 24.5 Å². The summed E-state index contributed by atoms with van der Waals surface area (Å²) in [5.74, 6) is 0.708. The number of hydrogen-bond acceptors (Lipinski definition) is 6. The minimum atomic E-state index is -0.333. The molecule has 116 valence electrons. The highest BCUT2D eigenvalue weighted by atomic mass is 19.1. The van der Waals surface area contributed by atoms with Gasteiger partial charge in [0.15, 0.2) is 0 Å². The fourth-order valence-corrected chi connectivity index (χ4v) is 2.51. The van der Waals surface area contributed by atoms with Gasteiger partial charge in [-0.15, -0.1) is 0 Å². The maximum absolute atomic E-state index is 14.0. The highest BCUT2D eigenvalue weighted by molar-refractivity contribution is 5.76. The van der Waals surface area contributed by atoms with Crippen LogP contribution in [0.1, 0.15) is 24.4 Å². The number of anilines is 2. The highest BCUT2D eigenvalue weighted by Crippen LogP contribution is 2.25. The molecule has 0 aliphatic rings. The number of nitrogens with one attached hydrogen (secondary N) is 1. The summed E-state index contributed by atoms with van der Waals surface area (Å²) in [6.45, 7) is 1.85. The number of benzene rings is 1. The first-order valence-electron chi connectivity index (χ1n) is 6.91. The van der Waals surface area contributed by atoms with Crippen molar-refractivity contribution in [2.45, 2.75) is 13.0 Å². The Bertz CT molecular complexity index is 925. The third-order valence-corrected chi connectivity index (χ3v) is 3.61. The molecule has 0 saturated carbocycles. The molecule has 2 aromatic heterocycles. The maximum atomic E-state index is 14.0. The van der Waals surface area contributed by atoms with Crippen LogP contribution in [0.2, 0.25) is 0 Å². The van der Waals surface area contributed by atoms with Crippen LogP contribution < -0.4 is 11.1 Å². The number of halogens is 1. The van der Waals surface area contributed by atoms with E-state index in [-0.39, 0.29) is 23.2 Å². The Hall–Kier alpha value is -3.21. The summed E-state index contributed by atoms with van der Waals surface area (Å²) in [6, 6.07) is 6.42. The number of para-hydroxylation sites is 1. The third-order valence-electron chi connectivity index (χ3n) is 3.61. The first-order valence-corrected chi connectivity index (χ1v) is 6.91. The van der Waals surface area contributed by atoms with Gasteiger partial charge in [-0.3, -0.25) is 0 Å². The number of nitriles is 1. The van der Waals surface area contributed by atoms with E-state index in [1.807, 2.05) is 13.0 Å². The van der Waals surface area contributed by atoms with Gasteiger partial charge in [-0.05, 0) is 19.1 Å². The molecular weight excluding hydrogens is 297 g/mol. The van der Waals surface area contributed by atoms with Gasteiger partial charge >= 0.3 is 0 Å². The second-order valence-corrected chi connectivity index (χ2v) is 5.10. The van der Waals surface area contributed by atoms with Gasteiger partial charge in [0.2, 0.25) is 0 Å². The van der Waals surface area contributed by atoms with Crippen LogP contribution in [0.3, 0.4) is 0 Å². The topological polar surface area (TPSA) is 105 Å². The number of imidazole rings is 1. The van der Waals surface area contributed by atoms with Crippen molar-refractivity contribution in [1.82, 2.24) is 19.5 Å². The molecule has 3 aromatic rings. The average Bonchev–Trinajstić information content (AvgIpc) is 2.86. The third kappa shape index (κ3) is 2.42. The monoisotopic (exact) mass is 311 g/mol. The Kier molecular flexibility index (Phi) is 3.54. The van der Waals surface area contributed by atoms with Crippen molar-refractivity contribution in [2.24, 2.45) is 7.05 Å². The van der Waals surface area contributed by atoms with Crippen LogP contribution in [-0.4, -0.2) is 19.5 Å². The first kappa shape index (κ1) is 14.7. The van der Waals surface area contributed by atoms with Crippen LogP contribution in [0.5, 0.6) is 0 Å². The van der Waals surface area contributed by atoms with Crippen molar-refractivity contribution in [3.05, 3.63) is 41.7 Å². The van der Waals surface area contributed by atoms with E-state index < -0.39 is 0 Å². The van der Waals surface area contributed by atoms with Crippen molar-refractivity contribution >= 4 is 22.7 Å². The normalized spacial score (nSPS) is 12.1. The summed E-state index contributed by atoms with van der Waals surface area (Å²) in [4.78, 5) is 12.3. The number of nitrogen functional groups attached to an aromatic ring is 1. The molecule has 0 fully saturated rings. The van der Waals surface area contributed by atoms with Crippen LogP contribution >= 0.6 is 0 Å². The minimum Gasteiger partial charge on any atom is -0.382 e. The van der Waals surface area contributed by atoms with Crippen LogP contribution in [-0.2, 0) is 7.05 Å². The van der Waals surface area contributed by atoms with Crippen LogP contribution in [0.25, 0.3) is 11.0 Å². The van der Waals surface area contributed by atoms with E-state index in [2.05, 4.69) is 20.3 Å². The van der Waals surface area contributed by atoms with Gasteiger partial charge in [-0.25, -0.2) is 19.3 Å². The van der Waals surface area contributed by atoms with E-state index in [0.717, 1.165) is 0 Å². The average molecular weight is 311 g/mol. The standard InChI is InChI=1S/C15H14FN7/c1-8(21-14-9(6-17)13(18)19-7-20-14)15-22-11-5-3-4-10(16)12(11)23(15)2/h3-5,7-8H,1-2H3,(H3,18,19,20,21)/t8-/m0/s1. The van der Waals surface area contributed by atoms with Crippen molar-refractivity contribution in [1.29, 1.82) is 5.26 Å².